The van der Waals surface area contributed by atoms with E-state index in [0.29, 0.717) is 78.7 Å². The Morgan fingerprint density at radius 2 is 1.83 bits per heavy atom. The van der Waals surface area contributed by atoms with E-state index in [1.807, 2.05) is 0 Å². The third-order valence-corrected chi connectivity index (χ3v) is 11.4. The highest BCUT2D eigenvalue weighted by Crippen LogP contribution is 2.47. The molecule has 5 heterocycles. The number of alkyl halides is 3. The van der Waals surface area contributed by atoms with Gasteiger partial charge >= 0.3 is 12.4 Å². The molecule has 9 nitrogen and oxygen atoms in total. The topological polar surface area (TPSA) is 95.9 Å². The zero-order valence-corrected chi connectivity index (χ0v) is 29.3. The second-order valence-electron chi connectivity index (χ2n) is 15.1. The molecule has 3 fully saturated rings. The summed E-state index contributed by atoms with van der Waals surface area (Å²) in [6.45, 7) is 7.12. The molecule has 1 aliphatic carbocycles. The highest BCUT2D eigenvalue weighted by Gasteiger charge is 2.46. The van der Waals surface area contributed by atoms with Gasteiger partial charge in [-0.3, -0.25) is 4.74 Å². The standard InChI is InChI=1S/C38H43F5N6O3/c1-3-23-18-49-24(17-44-23)5-4-6-29-31-34(32(40)33(45-29)27-16-25(50)15-22-7-8-28(39)21(2)30(22)27)46-36(47-35(31)49)51-20-37(11-12-37)19-48-13-9-26(10-14-48)52-38(41,42)43/h7-8,15-16,23-24,26,44,50H,3-6,9-14,17-20H2,1-2H3/t23-,24-/m1/s1. The van der Waals surface area contributed by atoms with Crippen molar-refractivity contribution in [1.82, 2.24) is 25.2 Å². The van der Waals surface area contributed by atoms with E-state index in [0.717, 1.165) is 38.6 Å². The van der Waals surface area contributed by atoms with Gasteiger partial charge in [-0.2, -0.15) is 9.97 Å². The van der Waals surface area contributed by atoms with E-state index in [9.17, 15) is 22.7 Å². The highest BCUT2D eigenvalue weighted by atomic mass is 19.4. The van der Waals surface area contributed by atoms with Crippen LogP contribution in [0.4, 0.5) is 27.8 Å². The van der Waals surface area contributed by atoms with Crippen LogP contribution in [0.15, 0.2) is 24.3 Å². The summed E-state index contributed by atoms with van der Waals surface area (Å²) < 4.78 is 81.0. The fraction of sp³-hybridized carbons (Fsp3) is 0.553. The van der Waals surface area contributed by atoms with Gasteiger partial charge in [-0.1, -0.05) is 13.0 Å². The number of aryl methyl sites for hydroxylation is 2. The van der Waals surface area contributed by atoms with Crippen molar-refractivity contribution in [2.24, 2.45) is 5.41 Å². The number of fused-ring (bicyclic) bond motifs is 3. The van der Waals surface area contributed by atoms with Crippen LogP contribution in [0.5, 0.6) is 11.8 Å². The molecule has 2 N–H and O–H groups in total. The number of likely N-dealkylation sites (tertiary alicyclic amines) is 1. The summed E-state index contributed by atoms with van der Waals surface area (Å²) in [7, 11) is 0. The second-order valence-corrected chi connectivity index (χ2v) is 15.1. The number of hydrogen-bond donors (Lipinski definition) is 2. The SMILES string of the molecule is CC[C@@H]1CN2c3nc(OCC4(CN5CCC(OC(F)(F)F)CC5)CC4)nc4c(F)c(-c5cc(O)cc6ccc(F)c(C)c56)nc(c34)CCC[C@@H]2CN1. The molecule has 1 saturated carbocycles. The van der Waals surface area contributed by atoms with Crippen LogP contribution in [0.1, 0.15) is 63.1 Å². The monoisotopic (exact) mass is 726 g/mol. The fourth-order valence-electron chi connectivity index (χ4n) is 8.38. The number of pyridine rings is 1. The summed E-state index contributed by atoms with van der Waals surface area (Å²) in [6, 6.07) is 6.22. The second kappa shape index (κ2) is 13.5. The molecule has 52 heavy (non-hydrogen) atoms. The predicted octanol–water partition coefficient (Wildman–Crippen LogP) is 7.19. The molecule has 2 aromatic carbocycles. The zero-order valence-electron chi connectivity index (χ0n) is 29.3. The summed E-state index contributed by atoms with van der Waals surface area (Å²) in [5.74, 6) is -0.658. The molecule has 2 saturated heterocycles. The van der Waals surface area contributed by atoms with E-state index in [2.05, 4.69) is 26.8 Å². The first-order valence-electron chi connectivity index (χ1n) is 18.3. The van der Waals surface area contributed by atoms with E-state index < -0.39 is 24.1 Å². The highest BCUT2D eigenvalue weighted by molar-refractivity contribution is 6.02. The van der Waals surface area contributed by atoms with Crippen molar-refractivity contribution in [3.8, 4) is 23.0 Å². The molecule has 0 radical (unpaired) electrons. The maximum Gasteiger partial charge on any atom is 0.522 e. The van der Waals surface area contributed by atoms with Crippen molar-refractivity contribution in [3.63, 3.8) is 0 Å². The lowest BCUT2D eigenvalue weighted by Gasteiger charge is -2.42. The average molecular weight is 727 g/mol. The number of phenols is 1. The lowest BCUT2D eigenvalue weighted by atomic mass is 9.94. The molecular weight excluding hydrogens is 683 g/mol. The van der Waals surface area contributed by atoms with Crippen LogP contribution in [0.3, 0.4) is 0 Å². The van der Waals surface area contributed by atoms with Crippen LogP contribution >= 0.6 is 0 Å². The predicted molar refractivity (Wildman–Crippen MR) is 187 cm³/mol. The Bertz CT molecular complexity index is 2000. The number of piperazine rings is 1. The number of phenolic OH excluding ortho intramolecular Hbond substituents is 1. The lowest BCUT2D eigenvalue weighted by Crippen LogP contribution is -2.57. The van der Waals surface area contributed by atoms with Crippen LogP contribution in [0, 0.1) is 24.0 Å². The number of benzene rings is 2. The van der Waals surface area contributed by atoms with E-state index in [-0.39, 0.29) is 52.6 Å². The van der Waals surface area contributed by atoms with E-state index in [1.165, 1.54) is 18.2 Å². The van der Waals surface area contributed by atoms with Gasteiger partial charge in [-0.15, -0.1) is 13.2 Å². The fourth-order valence-corrected chi connectivity index (χ4v) is 8.38. The first kappa shape index (κ1) is 35.2. The summed E-state index contributed by atoms with van der Waals surface area (Å²) in [5.41, 5.74) is 1.08. The van der Waals surface area contributed by atoms with Crippen LogP contribution in [0.25, 0.3) is 32.9 Å². The summed E-state index contributed by atoms with van der Waals surface area (Å²) in [5, 5.41) is 15.9. The normalized spacial score (nSPS) is 22.3. The Kier molecular flexibility index (Phi) is 9.14. The molecule has 4 aromatic rings. The molecule has 8 rings (SSSR count). The van der Waals surface area contributed by atoms with Crippen LogP contribution in [0.2, 0.25) is 0 Å². The number of aromatic nitrogens is 3. The summed E-state index contributed by atoms with van der Waals surface area (Å²) >= 11 is 0. The Morgan fingerprint density at radius 3 is 2.56 bits per heavy atom. The minimum absolute atomic E-state index is 0.0202. The number of rotatable bonds is 8. The molecule has 0 amide bonds. The molecule has 0 spiro atoms. The maximum atomic E-state index is 17.2. The molecule has 3 aliphatic heterocycles. The van der Waals surface area contributed by atoms with Crippen molar-refractivity contribution in [2.75, 3.05) is 44.2 Å². The zero-order chi connectivity index (χ0) is 36.4. The Morgan fingerprint density at radius 1 is 1.04 bits per heavy atom. The molecule has 2 aromatic heterocycles. The third-order valence-electron chi connectivity index (χ3n) is 11.4. The number of aromatic hydroxyl groups is 1. The van der Waals surface area contributed by atoms with Gasteiger partial charge in [0.15, 0.2) is 5.82 Å². The number of nitrogens with one attached hydrogen (secondary N) is 1. The number of hydrogen-bond acceptors (Lipinski definition) is 9. The molecule has 0 unspecified atom stereocenters. The summed E-state index contributed by atoms with van der Waals surface area (Å²) in [4.78, 5) is 19.0. The van der Waals surface area contributed by atoms with Crippen LogP contribution in [-0.4, -0.2) is 88.8 Å². The minimum atomic E-state index is -4.64. The molecule has 0 bridgehead atoms. The number of anilines is 1. The largest absolute Gasteiger partial charge is 0.522 e. The number of nitrogens with zero attached hydrogens (tertiary/aromatic N) is 5. The molecular formula is C38H43F5N6O3. The average Bonchev–Trinajstić information content (AvgIpc) is 3.88. The van der Waals surface area contributed by atoms with Gasteiger partial charge in [0.05, 0.1) is 23.8 Å². The Hall–Kier alpha value is -3.88. The first-order chi connectivity index (χ1) is 24.9. The first-order valence-corrected chi connectivity index (χ1v) is 18.3. The van der Waals surface area contributed by atoms with Gasteiger partial charge in [-0.05, 0) is 92.8 Å². The summed E-state index contributed by atoms with van der Waals surface area (Å²) in [6.07, 6.45) is 0.0416. The van der Waals surface area contributed by atoms with Gasteiger partial charge in [-0.25, -0.2) is 13.8 Å². The van der Waals surface area contributed by atoms with Crippen molar-refractivity contribution < 1.29 is 36.5 Å². The van der Waals surface area contributed by atoms with E-state index in [4.69, 9.17) is 19.7 Å². The van der Waals surface area contributed by atoms with Crippen molar-refractivity contribution >= 4 is 27.5 Å². The van der Waals surface area contributed by atoms with Crippen molar-refractivity contribution in [3.05, 3.63) is 47.2 Å². The van der Waals surface area contributed by atoms with Crippen molar-refractivity contribution in [2.45, 2.75) is 89.8 Å². The van der Waals surface area contributed by atoms with Gasteiger partial charge in [0.2, 0.25) is 0 Å². The van der Waals surface area contributed by atoms with Crippen LogP contribution < -0.4 is 15.0 Å². The third kappa shape index (κ3) is 6.84. The van der Waals surface area contributed by atoms with Gasteiger partial charge in [0, 0.05) is 55.8 Å². The Labute approximate surface area is 298 Å². The number of ether oxygens (including phenoxy) is 2. The molecule has 14 heteroatoms. The van der Waals surface area contributed by atoms with E-state index in [1.54, 1.807) is 13.0 Å². The molecule has 4 aliphatic rings. The minimum Gasteiger partial charge on any atom is -0.508 e. The van der Waals surface area contributed by atoms with Crippen molar-refractivity contribution in [1.29, 1.82) is 0 Å². The van der Waals surface area contributed by atoms with E-state index >= 15 is 4.39 Å². The maximum absolute atomic E-state index is 17.2. The number of piperidine rings is 1. The molecule has 278 valence electrons. The smallest absolute Gasteiger partial charge is 0.508 e. The molecule has 2 atom stereocenters. The van der Waals surface area contributed by atoms with Gasteiger partial charge in [0.1, 0.15) is 28.6 Å². The Balaban J connectivity index is 1.17. The van der Waals surface area contributed by atoms with Crippen LogP contribution in [-0.2, 0) is 11.2 Å². The van der Waals surface area contributed by atoms with Gasteiger partial charge in [0.25, 0.3) is 0 Å². The van der Waals surface area contributed by atoms with Gasteiger partial charge < -0.3 is 25.0 Å². The quantitative estimate of drug-likeness (QED) is 0.183. The lowest BCUT2D eigenvalue weighted by molar-refractivity contribution is -0.345. The number of halogens is 5.